The minimum absolute atomic E-state index is 0.152. The maximum atomic E-state index is 12.7. The van der Waals surface area contributed by atoms with Crippen molar-refractivity contribution in [2.24, 2.45) is 0 Å². The van der Waals surface area contributed by atoms with E-state index in [9.17, 15) is 4.39 Å². The van der Waals surface area contributed by atoms with Gasteiger partial charge in [0.15, 0.2) is 0 Å². The van der Waals surface area contributed by atoms with Crippen LogP contribution in [0, 0.1) is 0 Å². The molecule has 0 bridgehead atoms. The zero-order valence-electron chi connectivity index (χ0n) is 11.4. The molecule has 1 atom stereocenters. The molecule has 2 aromatic rings. The van der Waals surface area contributed by atoms with E-state index in [1.807, 2.05) is 35.2 Å². The second-order valence-electron chi connectivity index (χ2n) is 4.91. The quantitative estimate of drug-likeness (QED) is 0.817. The Kier molecular flexibility index (Phi) is 4.31. The predicted octanol–water partition coefficient (Wildman–Crippen LogP) is 3.04. The normalized spacial score (nSPS) is 18.7. The summed E-state index contributed by atoms with van der Waals surface area (Å²) in [6.45, 7) is 1.11. The Labute approximate surface area is 127 Å². The summed E-state index contributed by atoms with van der Waals surface area (Å²) in [5.41, 5.74) is 1.86. The molecule has 0 fully saturated rings. The van der Waals surface area contributed by atoms with Crippen LogP contribution in [0.25, 0.3) is 0 Å². The molecule has 1 aromatic heterocycles. The van der Waals surface area contributed by atoms with Crippen molar-refractivity contribution in [3.8, 4) is 5.88 Å². The number of hydrogen-bond acceptors (Lipinski definition) is 4. The highest BCUT2D eigenvalue weighted by Crippen LogP contribution is 2.29. The van der Waals surface area contributed by atoms with Crippen LogP contribution in [0.5, 0.6) is 5.88 Å². The van der Waals surface area contributed by atoms with Crippen LogP contribution in [-0.2, 0) is 6.54 Å². The molecule has 4 nitrogen and oxygen atoms in total. The molecular weight excluding hydrogens is 293 g/mol. The molecule has 0 saturated heterocycles. The average Bonchev–Trinajstić information content (AvgIpc) is 2.67. The van der Waals surface area contributed by atoms with Gasteiger partial charge >= 0.3 is 0 Å². The van der Waals surface area contributed by atoms with Crippen molar-refractivity contribution >= 4 is 11.6 Å². The third-order valence-corrected chi connectivity index (χ3v) is 3.62. The van der Waals surface area contributed by atoms with Crippen molar-refractivity contribution in [1.82, 2.24) is 14.9 Å². The smallest absolute Gasteiger partial charge is 0.225 e. The standard InChI is InChI=1S/C15H15ClFN3O/c16-15-18-8-12-9-20(7-6-17)10-13(21-14(12)19-15)11-4-2-1-3-5-11/h1-5,8,13H,6-7,9-10H2/t13-/m0/s1. The fraction of sp³-hybridized carbons (Fsp3) is 0.333. The summed E-state index contributed by atoms with van der Waals surface area (Å²) in [5.74, 6) is 0.477. The van der Waals surface area contributed by atoms with E-state index in [1.54, 1.807) is 6.20 Å². The van der Waals surface area contributed by atoms with E-state index >= 15 is 0 Å². The number of nitrogens with zero attached hydrogens (tertiary/aromatic N) is 3. The molecule has 0 radical (unpaired) electrons. The summed E-state index contributed by atoms with van der Waals surface area (Å²) in [6, 6.07) is 9.85. The number of rotatable bonds is 3. The lowest BCUT2D eigenvalue weighted by Crippen LogP contribution is -2.30. The number of aromatic nitrogens is 2. The van der Waals surface area contributed by atoms with Gasteiger partial charge in [0.25, 0.3) is 0 Å². The molecule has 0 aliphatic carbocycles. The molecule has 0 saturated carbocycles. The summed E-state index contributed by atoms with van der Waals surface area (Å²) < 4.78 is 18.7. The van der Waals surface area contributed by atoms with Gasteiger partial charge in [0, 0.05) is 31.4 Å². The molecule has 3 rings (SSSR count). The minimum Gasteiger partial charge on any atom is -0.468 e. The van der Waals surface area contributed by atoms with Crippen molar-refractivity contribution in [2.45, 2.75) is 12.6 Å². The first kappa shape index (κ1) is 14.2. The van der Waals surface area contributed by atoms with Gasteiger partial charge in [-0.05, 0) is 17.2 Å². The summed E-state index contributed by atoms with van der Waals surface area (Å²) in [6.07, 6.45) is 1.44. The molecule has 0 unspecified atom stereocenters. The van der Waals surface area contributed by atoms with Crippen molar-refractivity contribution in [3.05, 3.63) is 52.9 Å². The molecule has 0 spiro atoms. The zero-order valence-corrected chi connectivity index (χ0v) is 12.1. The summed E-state index contributed by atoms with van der Waals surface area (Å²) >= 11 is 5.85. The van der Waals surface area contributed by atoms with Gasteiger partial charge in [-0.3, -0.25) is 4.90 Å². The van der Waals surface area contributed by atoms with Crippen LogP contribution in [0.3, 0.4) is 0 Å². The molecule has 21 heavy (non-hydrogen) atoms. The van der Waals surface area contributed by atoms with E-state index in [2.05, 4.69) is 9.97 Å². The molecule has 1 aliphatic heterocycles. The Hall–Kier alpha value is -1.72. The Morgan fingerprint density at radius 3 is 2.90 bits per heavy atom. The molecule has 2 heterocycles. The SMILES string of the molecule is FCCN1Cc2cnc(Cl)nc2O[C@H](c2ccccc2)C1. The fourth-order valence-corrected chi connectivity index (χ4v) is 2.55. The third kappa shape index (κ3) is 3.31. The van der Waals surface area contributed by atoms with Crippen molar-refractivity contribution in [2.75, 3.05) is 19.8 Å². The number of hydrogen-bond donors (Lipinski definition) is 0. The van der Waals surface area contributed by atoms with E-state index < -0.39 is 6.67 Å². The highest BCUT2D eigenvalue weighted by Gasteiger charge is 2.25. The Morgan fingerprint density at radius 1 is 1.33 bits per heavy atom. The first-order valence-electron chi connectivity index (χ1n) is 6.77. The van der Waals surface area contributed by atoms with E-state index in [0.29, 0.717) is 25.5 Å². The number of halogens is 2. The minimum atomic E-state index is -0.398. The van der Waals surface area contributed by atoms with Gasteiger partial charge in [0.2, 0.25) is 11.2 Å². The summed E-state index contributed by atoms with van der Waals surface area (Å²) in [7, 11) is 0. The van der Waals surface area contributed by atoms with E-state index in [4.69, 9.17) is 16.3 Å². The second kappa shape index (κ2) is 6.37. The largest absolute Gasteiger partial charge is 0.468 e. The zero-order chi connectivity index (χ0) is 14.7. The van der Waals surface area contributed by atoms with Gasteiger partial charge in [0.05, 0.1) is 0 Å². The maximum Gasteiger partial charge on any atom is 0.225 e. The second-order valence-corrected chi connectivity index (χ2v) is 5.25. The van der Waals surface area contributed by atoms with Crippen molar-refractivity contribution in [3.63, 3.8) is 0 Å². The van der Waals surface area contributed by atoms with Crippen LogP contribution in [0.2, 0.25) is 5.28 Å². The summed E-state index contributed by atoms with van der Waals surface area (Å²) in [4.78, 5) is 10.1. The Balaban J connectivity index is 1.94. The van der Waals surface area contributed by atoms with Crippen molar-refractivity contribution in [1.29, 1.82) is 0 Å². The Morgan fingerprint density at radius 2 is 2.14 bits per heavy atom. The number of alkyl halides is 1. The average molecular weight is 308 g/mol. The molecule has 1 aliphatic rings. The molecule has 0 amide bonds. The van der Waals surface area contributed by atoms with E-state index in [1.165, 1.54) is 0 Å². The maximum absolute atomic E-state index is 12.7. The molecule has 0 N–H and O–H groups in total. The van der Waals surface area contributed by atoms with Crippen molar-refractivity contribution < 1.29 is 9.13 Å². The number of ether oxygens (including phenoxy) is 1. The molecule has 6 heteroatoms. The molecular formula is C15H15ClFN3O. The fourth-order valence-electron chi connectivity index (χ4n) is 2.42. The number of fused-ring (bicyclic) bond motifs is 1. The summed E-state index contributed by atoms with van der Waals surface area (Å²) in [5, 5.41) is 0.152. The van der Waals surface area contributed by atoms with Gasteiger partial charge in [-0.2, -0.15) is 4.98 Å². The lowest BCUT2D eigenvalue weighted by Gasteiger charge is -2.22. The van der Waals surface area contributed by atoms with Crippen LogP contribution < -0.4 is 4.74 Å². The Bertz CT molecular complexity index is 611. The molecule has 110 valence electrons. The van der Waals surface area contributed by atoms with Crippen LogP contribution in [0.15, 0.2) is 36.5 Å². The molecule has 1 aromatic carbocycles. The third-order valence-electron chi connectivity index (χ3n) is 3.44. The van der Waals surface area contributed by atoms with Gasteiger partial charge in [-0.25, -0.2) is 9.37 Å². The van der Waals surface area contributed by atoms with Crippen LogP contribution >= 0.6 is 11.6 Å². The topological polar surface area (TPSA) is 38.2 Å². The van der Waals surface area contributed by atoms with Gasteiger partial charge < -0.3 is 4.74 Å². The van der Waals surface area contributed by atoms with Gasteiger partial charge in [0.1, 0.15) is 12.8 Å². The van der Waals surface area contributed by atoms with Crippen LogP contribution in [0.4, 0.5) is 4.39 Å². The lowest BCUT2D eigenvalue weighted by atomic mass is 10.1. The predicted molar refractivity (Wildman–Crippen MR) is 78.1 cm³/mol. The first-order chi connectivity index (χ1) is 10.3. The lowest BCUT2D eigenvalue weighted by molar-refractivity contribution is 0.139. The number of benzene rings is 1. The van der Waals surface area contributed by atoms with Crippen LogP contribution in [-0.4, -0.2) is 34.6 Å². The van der Waals surface area contributed by atoms with Crippen LogP contribution in [0.1, 0.15) is 17.2 Å². The highest BCUT2D eigenvalue weighted by atomic mass is 35.5. The first-order valence-corrected chi connectivity index (χ1v) is 7.15. The monoisotopic (exact) mass is 307 g/mol. The van der Waals surface area contributed by atoms with E-state index in [-0.39, 0.29) is 11.4 Å². The van der Waals surface area contributed by atoms with Gasteiger partial charge in [-0.15, -0.1) is 0 Å². The highest BCUT2D eigenvalue weighted by molar-refractivity contribution is 6.28. The van der Waals surface area contributed by atoms with Gasteiger partial charge in [-0.1, -0.05) is 30.3 Å². The van der Waals surface area contributed by atoms with E-state index in [0.717, 1.165) is 11.1 Å².